The van der Waals surface area contributed by atoms with Gasteiger partial charge in [-0.1, -0.05) is 6.07 Å². The maximum atomic E-state index is 4.74. The van der Waals surface area contributed by atoms with Crippen molar-refractivity contribution in [3.63, 3.8) is 0 Å². The Kier molecular flexibility index (Phi) is 1.56. The second-order valence-electron chi connectivity index (χ2n) is 4.77. The van der Waals surface area contributed by atoms with E-state index in [0.717, 1.165) is 11.4 Å². The van der Waals surface area contributed by atoms with Crippen LogP contribution < -0.4 is 0 Å². The first-order valence-electron chi connectivity index (χ1n) is 5.92. The molecule has 0 radical (unpaired) electrons. The fraction of sp³-hybridized carbons (Fsp3) is 0.385. The van der Waals surface area contributed by atoms with E-state index in [4.69, 9.17) is 4.98 Å². The summed E-state index contributed by atoms with van der Waals surface area (Å²) < 4.78 is 2.37. The summed E-state index contributed by atoms with van der Waals surface area (Å²) in [4.78, 5) is 9.10. The normalized spacial score (nSPS) is 26.0. The van der Waals surface area contributed by atoms with E-state index in [1.54, 1.807) is 0 Å². The molecule has 80 valence electrons. The number of hydrogen-bond donors (Lipinski definition) is 0. The minimum Gasteiger partial charge on any atom is -0.331 e. The molecule has 0 N–H and O–H groups in total. The largest absolute Gasteiger partial charge is 0.331 e. The fourth-order valence-electron chi connectivity index (χ4n) is 3.09. The molecule has 16 heavy (non-hydrogen) atoms. The van der Waals surface area contributed by atoms with Crippen molar-refractivity contribution in [2.24, 2.45) is 0 Å². The zero-order valence-corrected chi connectivity index (χ0v) is 9.00. The molecular formula is C13H13N3. The lowest BCUT2D eigenvalue weighted by Crippen LogP contribution is -2.04. The van der Waals surface area contributed by atoms with E-state index in [9.17, 15) is 0 Å². The van der Waals surface area contributed by atoms with E-state index >= 15 is 0 Å². The van der Waals surface area contributed by atoms with Gasteiger partial charge in [0.2, 0.25) is 0 Å². The molecule has 3 heterocycles. The molecule has 1 fully saturated rings. The Morgan fingerprint density at radius 2 is 2.19 bits per heavy atom. The van der Waals surface area contributed by atoms with Gasteiger partial charge in [0.25, 0.3) is 0 Å². The van der Waals surface area contributed by atoms with Crippen LogP contribution in [0.2, 0.25) is 0 Å². The Labute approximate surface area is 94.2 Å². The minimum absolute atomic E-state index is 0.711. The van der Waals surface area contributed by atoms with Gasteiger partial charge >= 0.3 is 0 Å². The second-order valence-corrected chi connectivity index (χ2v) is 4.77. The highest BCUT2D eigenvalue weighted by atomic mass is 15.1. The van der Waals surface area contributed by atoms with E-state index < -0.39 is 0 Å². The van der Waals surface area contributed by atoms with Crippen LogP contribution in [0.4, 0.5) is 0 Å². The summed E-state index contributed by atoms with van der Waals surface area (Å²) in [6.07, 6.45) is 7.97. The summed E-state index contributed by atoms with van der Waals surface area (Å²) in [5.41, 5.74) is 2.02. The molecule has 0 spiro atoms. The second kappa shape index (κ2) is 2.94. The van der Waals surface area contributed by atoms with Crippen molar-refractivity contribution in [2.45, 2.75) is 31.2 Å². The van der Waals surface area contributed by atoms with Crippen molar-refractivity contribution in [2.75, 3.05) is 0 Å². The van der Waals surface area contributed by atoms with Crippen LogP contribution >= 0.6 is 0 Å². The first kappa shape index (κ1) is 8.50. The van der Waals surface area contributed by atoms with Crippen LogP contribution in [0.5, 0.6) is 0 Å². The first-order valence-corrected chi connectivity index (χ1v) is 5.92. The zero-order valence-electron chi connectivity index (χ0n) is 9.00. The standard InChI is InChI=1S/C13H13N3/c1-2-6-14-11(3-1)12-8-16-10-5-4-9(7-10)13(16)15-12/h1-3,6,8-10H,4-5,7H2. The predicted molar refractivity (Wildman–Crippen MR) is 61.1 cm³/mol. The maximum absolute atomic E-state index is 4.74. The number of rotatable bonds is 1. The SMILES string of the molecule is c1ccc(-c2cn3c(n2)C2CCC3C2)nc1. The van der Waals surface area contributed by atoms with E-state index in [2.05, 4.69) is 15.7 Å². The molecule has 1 aliphatic heterocycles. The van der Waals surface area contributed by atoms with Crippen molar-refractivity contribution in [3.8, 4) is 11.4 Å². The van der Waals surface area contributed by atoms with Crippen molar-refractivity contribution in [3.05, 3.63) is 36.4 Å². The average molecular weight is 211 g/mol. The Balaban J connectivity index is 1.83. The lowest BCUT2D eigenvalue weighted by atomic mass is 10.1. The lowest BCUT2D eigenvalue weighted by Gasteiger charge is -2.11. The molecule has 0 amide bonds. The molecule has 2 bridgehead atoms. The van der Waals surface area contributed by atoms with Gasteiger partial charge < -0.3 is 4.57 Å². The Morgan fingerprint density at radius 1 is 1.19 bits per heavy atom. The topological polar surface area (TPSA) is 30.7 Å². The number of hydrogen-bond acceptors (Lipinski definition) is 2. The summed E-state index contributed by atoms with van der Waals surface area (Å²) in [7, 11) is 0. The third kappa shape index (κ3) is 1.03. The molecule has 1 saturated carbocycles. The summed E-state index contributed by atoms with van der Waals surface area (Å²) in [6.45, 7) is 0. The van der Waals surface area contributed by atoms with Gasteiger partial charge in [0, 0.05) is 24.4 Å². The van der Waals surface area contributed by atoms with Crippen LogP contribution in [0.1, 0.15) is 37.0 Å². The summed E-state index contributed by atoms with van der Waals surface area (Å²) in [6, 6.07) is 6.70. The summed E-state index contributed by atoms with van der Waals surface area (Å²) >= 11 is 0. The number of imidazole rings is 1. The third-order valence-electron chi connectivity index (χ3n) is 3.85. The monoisotopic (exact) mass is 211 g/mol. The van der Waals surface area contributed by atoms with Crippen LogP contribution in [0.25, 0.3) is 11.4 Å². The van der Waals surface area contributed by atoms with Gasteiger partial charge in [0.1, 0.15) is 11.5 Å². The highest BCUT2D eigenvalue weighted by Crippen LogP contribution is 2.48. The molecule has 2 aromatic rings. The zero-order chi connectivity index (χ0) is 10.5. The number of aromatic nitrogens is 3. The number of fused-ring (bicyclic) bond motifs is 5. The molecule has 2 atom stereocenters. The van der Waals surface area contributed by atoms with Crippen molar-refractivity contribution < 1.29 is 0 Å². The molecule has 0 saturated heterocycles. The molecule has 1 aliphatic carbocycles. The number of nitrogens with zero attached hydrogens (tertiary/aromatic N) is 3. The van der Waals surface area contributed by atoms with Gasteiger partial charge in [-0.05, 0) is 31.4 Å². The Bertz CT molecular complexity index is 502. The molecule has 2 unspecified atom stereocenters. The Hall–Kier alpha value is -1.64. The van der Waals surface area contributed by atoms with Gasteiger partial charge in [-0.25, -0.2) is 4.98 Å². The molecule has 0 aromatic carbocycles. The van der Waals surface area contributed by atoms with Gasteiger partial charge in [0.15, 0.2) is 0 Å². The highest BCUT2D eigenvalue weighted by molar-refractivity contribution is 5.53. The van der Waals surface area contributed by atoms with E-state index in [1.165, 1.54) is 25.1 Å². The quantitative estimate of drug-likeness (QED) is 0.726. The highest BCUT2D eigenvalue weighted by Gasteiger charge is 2.38. The molecule has 4 rings (SSSR count). The van der Waals surface area contributed by atoms with Crippen molar-refractivity contribution in [1.82, 2.24) is 14.5 Å². The van der Waals surface area contributed by atoms with Crippen LogP contribution in [0, 0.1) is 0 Å². The number of pyridine rings is 1. The van der Waals surface area contributed by atoms with Crippen LogP contribution in [0.3, 0.4) is 0 Å². The lowest BCUT2D eigenvalue weighted by molar-refractivity contribution is 0.526. The molecule has 2 aromatic heterocycles. The summed E-state index contributed by atoms with van der Waals surface area (Å²) in [5.74, 6) is 2.00. The molecule has 3 heteroatoms. The predicted octanol–water partition coefficient (Wildman–Crippen LogP) is 2.77. The molecule has 3 nitrogen and oxygen atoms in total. The fourth-order valence-corrected chi connectivity index (χ4v) is 3.09. The van der Waals surface area contributed by atoms with Gasteiger partial charge in [-0.2, -0.15) is 0 Å². The van der Waals surface area contributed by atoms with E-state index in [0.29, 0.717) is 12.0 Å². The van der Waals surface area contributed by atoms with Crippen LogP contribution in [0.15, 0.2) is 30.6 Å². The van der Waals surface area contributed by atoms with E-state index in [-0.39, 0.29) is 0 Å². The van der Waals surface area contributed by atoms with Crippen molar-refractivity contribution >= 4 is 0 Å². The smallest absolute Gasteiger partial charge is 0.112 e. The maximum Gasteiger partial charge on any atom is 0.112 e. The first-order chi connectivity index (χ1) is 7.92. The van der Waals surface area contributed by atoms with Crippen LogP contribution in [-0.4, -0.2) is 14.5 Å². The van der Waals surface area contributed by atoms with Gasteiger partial charge in [-0.3, -0.25) is 4.98 Å². The minimum atomic E-state index is 0.711. The van der Waals surface area contributed by atoms with Gasteiger partial charge in [-0.15, -0.1) is 0 Å². The van der Waals surface area contributed by atoms with Crippen LogP contribution in [-0.2, 0) is 0 Å². The van der Waals surface area contributed by atoms with Gasteiger partial charge in [0.05, 0.1) is 5.69 Å². The summed E-state index contributed by atoms with van der Waals surface area (Å²) in [5, 5.41) is 0. The van der Waals surface area contributed by atoms with E-state index in [1.807, 2.05) is 24.4 Å². The molecule has 2 aliphatic rings. The average Bonchev–Trinajstić information content (AvgIpc) is 3.02. The van der Waals surface area contributed by atoms with Crippen molar-refractivity contribution in [1.29, 1.82) is 0 Å². The Morgan fingerprint density at radius 3 is 3.00 bits per heavy atom. The third-order valence-corrected chi connectivity index (χ3v) is 3.85. The molecular weight excluding hydrogens is 198 g/mol.